The van der Waals surface area contributed by atoms with E-state index in [1.54, 1.807) is 7.05 Å². The lowest BCUT2D eigenvalue weighted by atomic mass is 9.81. The van der Waals surface area contributed by atoms with Crippen LogP contribution in [0.25, 0.3) is 0 Å². The van der Waals surface area contributed by atoms with Crippen LogP contribution in [0.4, 0.5) is 5.69 Å². The predicted octanol–water partition coefficient (Wildman–Crippen LogP) is 2.60. The summed E-state index contributed by atoms with van der Waals surface area (Å²) in [4.78, 5) is 12.3. The fraction of sp³-hybridized carbons (Fsp3) is 0.333. The molecule has 1 heterocycles. The molecule has 17 heavy (non-hydrogen) atoms. The Kier molecular flexibility index (Phi) is 3.23. The van der Waals surface area contributed by atoms with E-state index in [1.807, 2.05) is 25.1 Å². The van der Waals surface area contributed by atoms with Crippen molar-refractivity contribution in [3.63, 3.8) is 0 Å². The molecule has 0 spiro atoms. The van der Waals surface area contributed by atoms with Crippen LogP contribution in [0, 0.1) is 0 Å². The summed E-state index contributed by atoms with van der Waals surface area (Å²) >= 11 is 8.81. The average Bonchev–Trinajstić information content (AvgIpc) is 2.52. The molecule has 0 radical (unpaired) electrons. The van der Waals surface area contributed by atoms with Crippen molar-refractivity contribution in [2.75, 3.05) is 12.4 Å². The maximum absolute atomic E-state index is 11.6. The Morgan fingerprint density at radius 3 is 2.94 bits per heavy atom. The summed E-state index contributed by atoms with van der Waals surface area (Å²) in [5.41, 5.74) is 1.64. The highest BCUT2D eigenvalue weighted by atomic mass is 79.9. The van der Waals surface area contributed by atoms with Crippen LogP contribution in [0.3, 0.4) is 0 Å². The Morgan fingerprint density at radius 2 is 2.29 bits per heavy atom. The first kappa shape index (κ1) is 12.5. The molecule has 1 aliphatic rings. The van der Waals surface area contributed by atoms with Crippen LogP contribution in [0.1, 0.15) is 18.9 Å². The number of nitrogens with one attached hydrogen (secondary N) is 2. The molecule has 2 N–H and O–H groups in total. The molecule has 5 heteroatoms. The number of hydrogen-bond acceptors (Lipinski definition) is 2. The topological polar surface area (TPSA) is 41.1 Å². The van der Waals surface area contributed by atoms with Crippen molar-refractivity contribution in [1.82, 2.24) is 5.32 Å². The minimum Gasteiger partial charge on any atom is -0.359 e. The Morgan fingerprint density at radius 1 is 1.59 bits per heavy atom. The number of benzene rings is 1. The van der Waals surface area contributed by atoms with Gasteiger partial charge in [0.05, 0.1) is 10.4 Å². The second-order valence-electron chi connectivity index (χ2n) is 4.33. The molecule has 3 nitrogen and oxygen atoms in total. The summed E-state index contributed by atoms with van der Waals surface area (Å²) in [6.07, 6.45) is 0.360. The Hall–Kier alpha value is -0.940. The zero-order chi connectivity index (χ0) is 12.6. The molecule has 1 aliphatic heterocycles. The SMILES string of the molecule is CNC(=O)CC1(C)C(=S)Nc2ccc(Br)cc21. The van der Waals surface area contributed by atoms with Gasteiger partial charge >= 0.3 is 0 Å². The average molecular weight is 313 g/mol. The molecular weight excluding hydrogens is 300 g/mol. The van der Waals surface area contributed by atoms with E-state index in [2.05, 4.69) is 26.6 Å². The molecule has 2 rings (SSSR count). The molecule has 0 aliphatic carbocycles. The second kappa shape index (κ2) is 4.38. The summed E-state index contributed by atoms with van der Waals surface area (Å²) in [5, 5.41) is 5.82. The lowest BCUT2D eigenvalue weighted by molar-refractivity contribution is -0.121. The maximum Gasteiger partial charge on any atom is 0.221 e. The van der Waals surface area contributed by atoms with Crippen LogP contribution >= 0.6 is 28.1 Å². The molecule has 0 fully saturated rings. The highest BCUT2D eigenvalue weighted by Crippen LogP contribution is 2.41. The van der Waals surface area contributed by atoms with Crippen LogP contribution in [0.15, 0.2) is 22.7 Å². The first-order valence-electron chi connectivity index (χ1n) is 5.29. The normalized spacial score (nSPS) is 21.9. The molecule has 1 aromatic carbocycles. The van der Waals surface area contributed by atoms with Crippen molar-refractivity contribution in [2.45, 2.75) is 18.8 Å². The summed E-state index contributed by atoms with van der Waals surface area (Å²) < 4.78 is 0.992. The molecule has 90 valence electrons. The summed E-state index contributed by atoms with van der Waals surface area (Å²) in [6.45, 7) is 2.00. The molecule has 0 bridgehead atoms. The molecule has 1 unspecified atom stereocenters. The van der Waals surface area contributed by atoms with Gasteiger partial charge in [0.25, 0.3) is 0 Å². The Labute approximate surface area is 114 Å². The molecular formula is C12H13BrN2OS. The fourth-order valence-corrected chi connectivity index (χ4v) is 2.70. The van der Waals surface area contributed by atoms with E-state index in [0.29, 0.717) is 11.4 Å². The van der Waals surface area contributed by atoms with E-state index in [9.17, 15) is 4.79 Å². The number of hydrogen-bond donors (Lipinski definition) is 2. The lowest BCUT2D eigenvalue weighted by Gasteiger charge is -2.23. The van der Waals surface area contributed by atoms with Gasteiger partial charge < -0.3 is 10.6 Å². The van der Waals surface area contributed by atoms with E-state index in [0.717, 1.165) is 15.7 Å². The van der Waals surface area contributed by atoms with Crippen LogP contribution in [-0.2, 0) is 10.2 Å². The number of carbonyl (C=O) groups is 1. The largest absolute Gasteiger partial charge is 0.359 e. The number of rotatable bonds is 2. The second-order valence-corrected chi connectivity index (χ2v) is 5.65. The monoisotopic (exact) mass is 312 g/mol. The maximum atomic E-state index is 11.6. The highest BCUT2D eigenvalue weighted by Gasteiger charge is 2.41. The van der Waals surface area contributed by atoms with Gasteiger partial charge in [0.1, 0.15) is 0 Å². The Balaban J connectivity index is 2.45. The van der Waals surface area contributed by atoms with Gasteiger partial charge in [-0.25, -0.2) is 0 Å². The number of amides is 1. The number of anilines is 1. The minimum atomic E-state index is -0.422. The number of carbonyl (C=O) groups excluding carboxylic acids is 1. The lowest BCUT2D eigenvalue weighted by Crippen LogP contribution is -2.35. The fourth-order valence-electron chi connectivity index (χ4n) is 2.05. The zero-order valence-corrected chi connectivity index (χ0v) is 12.0. The van der Waals surface area contributed by atoms with Crippen LogP contribution in [-0.4, -0.2) is 17.9 Å². The number of fused-ring (bicyclic) bond motifs is 1. The summed E-state index contributed by atoms with van der Waals surface area (Å²) in [5.74, 6) is -0.00974. The van der Waals surface area contributed by atoms with Crippen LogP contribution in [0.2, 0.25) is 0 Å². The molecule has 0 aromatic heterocycles. The zero-order valence-electron chi connectivity index (χ0n) is 9.63. The first-order valence-corrected chi connectivity index (χ1v) is 6.49. The van der Waals surface area contributed by atoms with Crippen molar-refractivity contribution in [3.05, 3.63) is 28.2 Å². The van der Waals surface area contributed by atoms with E-state index in [4.69, 9.17) is 12.2 Å². The Bertz CT molecular complexity index is 503. The van der Waals surface area contributed by atoms with Gasteiger partial charge in [-0.2, -0.15) is 0 Å². The standard InChI is InChI=1S/C12H13BrN2OS/c1-12(6-10(16)14-2)8-5-7(13)3-4-9(8)15-11(12)17/h3-5H,6H2,1-2H3,(H,14,16)(H,15,17). The smallest absolute Gasteiger partial charge is 0.221 e. The van der Waals surface area contributed by atoms with Crippen molar-refractivity contribution in [1.29, 1.82) is 0 Å². The van der Waals surface area contributed by atoms with Gasteiger partial charge in [-0.15, -0.1) is 0 Å². The molecule has 1 atom stereocenters. The van der Waals surface area contributed by atoms with Gasteiger partial charge in [-0.1, -0.05) is 28.1 Å². The molecule has 1 aromatic rings. The van der Waals surface area contributed by atoms with Crippen LogP contribution in [0.5, 0.6) is 0 Å². The molecule has 0 saturated carbocycles. The van der Waals surface area contributed by atoms with Gasteiger partial charge in [-0.05, 0) is 30.7 Å². The van der Waals surface area contributed by atoms with E-state index < -0.39 is 5.41 Å². The third-order valence-corrected chi connectivity index (χ3v) is 4.16. The predicted molar refractivity (Wildman–Crippen MR) is 76.4 cm³/mol. The highest BCUT2D eigenvalue weighted by molar-refractivity contribution is 9.10. The van der Waals surface area contributed by atoms with Gasteiger partial charge in [0.2, 0.25) is 5.91 Å². The van der Waals surface area contributed by atoms with E-state index in [1.165, 1.54) is 0 Å². The number of halogens is 1. The molecule has 1 amide bonds. The van der Waals surface area contributed by atoms with Crippen molar-refractivity contribution >= 4 is 44.7 Å². The third kappa shape index (κ3) is 2.09. The third-order valence-electron chi connectivity index (χ3n) is 3.12. The minimum absolute atomic E-state index is 0.00974. The van der Waals surface area contributed by atoms with Crippen molar-refractivity contribution in [2.24, 2.45) is 0 Å². The van der Waals surface area contributed by atoms with E-state index >= 15 is 0 Å². The van der Waals surface area contributed by atoms with Crippen LogP contribution < -0.4 is 10.6 Å². The van der Waals surface area contributed by atoms with E-state index in [-0.39, 0.29) is 5.91 Å². The van der Waals surface area contributed by atoms with Gasteiger partial charge in [-0.3, -0.25) is 4.79 Å². The quantitative estimate of drug-likeness (QED) is 0.825. The first-order chi connectivity index (χ1) is 7.97. The van der Waals surface area contributed by atoms with Gasteiger partial charge in [0.15, 0.2) is 0 Å². The van der Waals surface area contributed by atoms with Crippen molar-refractivity contribution < 1.29 is 4.79 Å². The summed E-state index contributed by atoms with van der Waals surface area (Å²) in [6, 6.07) is 5.95. The van der Waals surface area contributed by atoms with Crippen molar-refractivity contribution in [3.8, 4) is 0 Å². The summed E-state index contributed by atoms with van der Waals surface area (Å²) in [7, 11) is 1.64. The number of thiocarbonyl (C=S) groups is 1. The molecule has 0 saturated heterocycles. The van der Waals surface area contributed by atoms with Gasteiger partial charge in [0, 0.05) is 23.6 Å².